The molecule has 0 fully saturated rings. The molecule has 0 spiro atoms. The van der Waals surface area contributed by atoms with E-state index in [1.54, 1.807) is 38.2 Å². The van der Waals surface area contributed by atoms with Crippen LogP contribution in [0.15, 0.2) is 28.7 Å². The fourth-order valence-electron chi connectivity index (χ4n) is 1.48. The van der Waals surface area contributed by atoms with Crippen LogP contribution in [0.25, 0.3) is 11.0 Å². The number of hydrogen-bond acceptors (Lipinski definition) is 3. The maximum Gasteiger partial charge on any atom is 0.214 e. The summed E-state index contributed by atoms with van der Waals surface area (Å²) >= 11 is 5.86. The predicted molar refractivity (Wildman–Crippen MR) is 64.1 cm³/mol. The van der Waals surface area contributed by atoms with Gasteiger partial charge in [0.2, 0.25) is 5.78 Å². The van der Waals surface area contributed by atoms with E-state index in [-0.39, 0.29) is 11.8 Å². The van der Waals surface area contributed by atoms with Crippen LogP contribution < -0.4 is 5.32 Å². The molecule has 84 valence electrons. The van der Waals surface area contributed by atoms with Crippen LogP contribution in [-0.2, 0) is 0 Å². The molecule has 0 bridgehead atoms. The summed E-state index contributed by atoms with van der Waals surface area (Å²) in [6.45, 7) is 1.79. The average molecular weight is 238 g/mol. The van der Waals surface area contributed by atoms with Gasteiger partial charge in [-0.3, -0.25) is 4.79 Å². The first-order valence-electron chi connectivity index (χ1n) is 5.02. The second-order valence-electron chi connectivity index (χ2n) is 3.67. The first kappa shape index (κ1) is 11.2. The number of nitrogens with one attached hydrogen (secondary N) is 1. The van der Waals surface area contributed by atoms with Gasteiger partial charge in [0.15, 0.2) is 5.76 Å². The quantitative estimate of drug-likeness (QED) is 0.835. The number of benzene rings is 1. The van der Waals surface area contributed by atoms with Crippen molar-refractivity contribution in [2.45, 2.75) is 13.0 Å². The Labute approximate surface area is 98.4 Å². The number of carbonyl (C=O) groups excluding carboxylic acids is 1. The lowest BCUT2D eigenvalue weighted by atomic mass is 10.1. The zero-order valence-corrected chi connectivity index (χ0v) is 9.84. The van der Waals surface area contributed by atoms with Gasteiger partial charge in [0.25, 0.3) is 0 Å². The predicted octanol–water partition coefficient (Wildman–Crippen LogP) is 2.88. The van der Waals surface area contributed by atoms with Crippen molar-refractivity contribution in [2.75, 3.05) is 7.05 Å². The maximum atomic E-state index is 11.8. The highest BCUT2D eigenvalue weighted by Crippen LogP contribution is 2.23. The van der Waals surface area contributed by atoms with Crippen LogP contribution in [0.3, 0.4) is 0 Å². The van der Waals surface area contributed by atoms with Crippen molar-refractivity contribution >= 4 is 28.4 Å². The Kier molecular flexibility index (Phi) is 2.99. The third-order valence-electron chi connectivity index (χ3n) is 2.55. The summed E-state index contributed by atoms with van der Waals surface area (Å²) in [4.78, 5) is 11.8. The van der Waals surface area contributed by atoms with Crippen LogP contribution in [-0.4, -0.2) is 18.9 Å². The number of furan rings is 1. The Bertz CT molecular complexity index is 533. The Morgan fingerprint density at radius 2 is 2.19 bits per heavy atom. The van der Waals surface area contributed by atoms with Crippen LogP contribution in [0, 0.1) is 0 Å². The molecule has 0 saturated heterocycles. The summed E-state index contributed by atoms with van der Waals surface area (Å²) < 4.78 is 5.46. The van der Waals surface area contributed by atoms with E-state index in [1.807, 2.05) is 0 Å². The van der Waals surface area contributed by atoms with Gasteiger partial charge in [-0.2, -0.15) is 0 Å². The number of hydrogen-bond donors (Lipinski definition) is 1. The van der Waals surface area contributed by atoms with Crippen molar-refractivity contribution in [1.29, 1.82) is 0 Å². The van der Waals surface area contributed by atoms with Gasteiger partial charge in [0, 0.05) is 10.4 Å². The molecule has 0 aliphatic heterocycles. The summed E-state index contributed by atoms with van der Waals surface area (Å²) in [5.74, 6) is 0.300. The van der Waals surface area contributed by atoms with Crippen molar-refractivity contribution in [3.05, 3.63) is 35.0 Å². The number of fused-ring (bicyclic) bond motifs is 1. The molecular weight excluding hydrogens is 226 g/mol. The minimum absolute atomic E-state index is 0.0603. The zero-order valence-electron chi connectivity index (χ0n) is 9.08. The topological polar surface area (TPSA) is 42.2 Å². The van der Waals surface area contributed by atoms with E-state index in [0.717, 1.165) is 5.39 Å². The van der Waals surface area contributed by atoms with E-state index in [2.05, 4.69) is 5.32 Å². The van der Waals surface area contributed by atoms with Gasteiger partial charge in [-0.15, -0.1) is 0 Å². The highest BCUT2D eigenvalue weighted by molar-refractivity contribution is 6.31. The minimum Gasteiger partial charge on any atom is -0.453 e. The van der Waals surface area contributed by atoms with Crippen LogP contribution in [0.1, 0.15) is 17.5 Å². The summed E-state index contributed by atoms with van der Waals surface area (Å²) in [7, 11) is 1.74. The molecule has 16 heavy (non-hydrogen) atoms. The van der Waals surface area contributed by atoms with Gasteiger partial charge in [0.1, 0.15) is 5.58 Å². The van der Waals surface area contributed by atoms with E-state index in [9.17, 15) is 4.79 Å². The molecule has 0 aliphatic carbocycles. The lowest BCUT2D eigenvalue weighted by Crippen LogP contribution is -2.30. The summed E-state index contributed by atoms with van der Waals surface area (Å²) in [6.07, 6.45) is 0. The molecule has 0 amide bonds. The number of halogens is 1. The molecule has 1 atom stereocenters. The smallest absolute Gasteiger partial charge is 0.214 e. The fraction of sp³-hybridized carbons (Fsp3) is 0.250. The Balaban J connectivity index is 2.43. The second kappa shape index (κ2) is 4.28. The number of ketones is 1. The lowest BCUT2D eigenvalue weighted by Gasteiger charge is -2.04. The first-order valence-corrected chi connectivity index (χ1v) is 5.40. The van der Waals surface area contributed by atoms with Crippen molar-refractivity contribution in [1.82, 2.24) is 5.32 Å². The molecule has 1 heterocycles. The normalized spacial score (nSPS) is 12.9. The molecule has 0 aliphatic rings. The van der Waals surface area contributed by atoms with Gasteiger partial charge >= 0.3 is 0 Å². The lowest BCUT2D eigenvalue weighted by molar-refractivity contribution is 0.0929. The van der Waals surface area contributed by atoms with Gasteiger partial charge in [-0.1, -0.05) is 11.6 Å². The van der Waals surface area contributed by atoms with E-state index in [4.69, 9.17) is 16.0 Å². The minimum atomic E-state index is -0.254. The molecule has 2 rings (SSSR count). The Morgan fingerprint density at radius 1 is 1.44 bits per heavy atom. The molecule has 1 aromatic heterocycles. The standard InChI is InChI=1S/C12H12ClNO2/c1-7(14-2)12(15)11-6-8-5-9(13)3-4-10(8)16-11/h3-7,14H,1-2H3. The van der Waals surface area contributed by atoms with Gasteiger partial charge in [-0.05, 0) is 38.2 Å². The Hall–Kier alpha value is -1.32. The van der Waals surface area contributed by atoms with Crippen LogP contribution in [0.5, 0.6) is 0 Å². The molecule has 4 heteroatoms. The molecule has 2 aromatic rings. The molecule has 3 nitrogen and oxygen atoms in total. The van der Waals surface area contributed by atoms with Crippen molar-refractivity contribution in [2.24, 2.45) is 0 Å². The molecule has 0 radical (unpaired) electrons. The fourth-order valence-corrected chi connectivity index (χ4v) is 1.66. The molecule has 0 saturated carbocycles. The SMILES string of the molecule is CNC(C)C(=O)c1cc2cc(Cl)ccc2o1. The number of rotatable bonds is 3. The second-order valence-corrected chi connectivity index (χ2v) is 4.10. The number of likely N-dealkylation sites (N-methyl/N-ethyl adjacent to an activating group) is 1. The monoisotopic (exact) mass is 237 g/mol. The van der Waals surface area contributed by atoms with Gasteiger partial charge in [0.05, 0.1) is 6.04 Å². The molecule has 1 aromatic carbocycles. The third kappa shape index (κ3) is 1.96. The summed E-state index contributed by atoms with van der Waals surface area (Å²) in [5.41, 5.74) is 0.677. The van der Waals surface area contributed by atoms with Crippen LogP contribution >= 0.6 is 11.6 Å². The van der Waals surface area contributed by atoms with Crippen LogP contribution in [0.4, 0.5) is 0 Å². The first-order chi connectivity index (χ1) is 7.61. The van der Waals surface area contributed by atoms with Crippen molar-refractivity contribution in [3.63, 3.8) is 0 Å². The highest BCUT2D eigenvalue weighted by Gasteiger charge is 2.17. The summed E-state index contributed by atoms with van der Waals surface area (Å²) in [5, 5.41) is 4.36. The van der Waals surface area contributed by atoms with Crippen molar-refractivity contribution < 1.29 is 9.21 Å². The van der Waals surface area contributed by atoms with Crippen molar-refractivity contribution in [3.8, 4) is 0 Å². The molecule has 1 N–H and O–H groups in total. The van der Waals surface area contributed by atoms with Crippen LogP contribution in [0.2, 0.25) is 5.02 Å². The zero-order chi connectivity index (χ0) is 11.7. The van der Waals surface area contributed by atoms with Gasteiger partial charge in [-0.25, -0.2) is 0 Å². The molecular formula is C12H12ClNO2. The number of carbonyl (C=O) groups is 1. The van der Waals surface area contributed by atoms with E-state index in [1.165, 1.54) is 0 Å². The maximum absolute atomic E-state index is 11.8. The van der Waals surface area contributed by atoms with E-state index >= 15 is 0 Å². The van der Waals surface area contributed by atoms with E-state index < -0.39 is 0 Å². The van der Waals surface area contributed by atoms with E-state index in [0.29, 0.717) is 16.4 Å². The Morgan fingerprint density at radius 3 is 2.88 bits per heavy atom. The molecule has 1 unspecified atom stereocenters. The third-order valence-corrected chi connectivity index (χ3v) is 2.78. The average Bonchev–Trinajstić information content (AvgIpc) is 2.69. The van der Waals surface area contributed by atoms with Gasteiger partial charge < -0.3 is 9.73 Å². The summed E-state index contributed by atoms with van der Waals surface area (Å²) in [6, 6.07) is 6.75. The largest absolute Gasteiger partial charge is 0.453 e. The highest BCUT2D eigenvalue weighted by atomic mass is 35.5. The number of Topliss-reactive ketones (excluding diaryl/α,β-unsaturated/α-hetero) is 1.